The lowest BCUT2D eigenvalue weighted by atomic mass is 10.1. The lowest BCUT2D eigenvalue weighted by molar-refractivity contribution is -0.137. The van der Waals surface area contributed by atoms with Crippen LogP contribution in [0.2, 0.25) is 0 Å². The first-order valence-corrected chi connectivity index (χ1v) is 8.59. The van der Waals surface area contributed by atoms with Crippen LogP contribution in [-0.4, -0.2) is 20.3 Å². The maximum atomic E-state index is 13.3. The number of anilines is 2. The van der Waals surface area contributed by atoms with Crippen molar-refractivity contribution in [1.82, 2.24) is 14.3 Å². The van der Waals surface area contributed by atoms with Gasteiger partial charge in [0.15, 0.2) is 0 Å². The number of amides is 1. The average Bonchev–Trinajstić information content (AvgIpc) is 2.90. The third kappa shape index (κ3) is 2.79. The van der Waals surface area contributed by atoms with Crippen LogP contribution in [0.15, 0.2) is 53.3 Å². The SMILES string of the molecule is CCn1nc2n(c1=O)-c1ccc(C(F)(F)F)cc1N(c1ccccc1)C(=O)C2. The van der Waals surface area contributed by atoms with E-state index in [4.69, 9.17) is 0 Å². The first kappa shape index (κ1) is 18.0. The van der Waals surface area contributed by atoms with Crippen LogP contribution in [0.3, 0.4) is 0 Å². The summed E-state index contributed by atoms with van der Waals surface area (Å²) in [5.41, 5.74) is -0.819. The summed E-state index contributed by atoms with van der Waals surface area (Å²) in [4.78, 5) is 26.9. The van der Waals surface area contributed by atoms with Crippen LogP contribution in [-0.2, 0) is 23.9 Å². The van der Waals surface area contributed by atoms with Crippen molar-refractivity contribution in [3.05, 3.63) is 70.4 Å². The molecule has 28 heavy (non-hydrogen) atoms. The van der Waals surface area contributed by atoms with Crippen LogP contribution in [0, 0.1) is 0 Å². The minimum atomic E-state index is -4.59. The summed E-state index contributed by atoms with van der Waals surface area (Å²) in [6, 6.07) is 11.4. The Morgan fingerprint density at radius 1 is 1.04 bits per heavy atom. The second-order valence-electron chi connectivity index (χ2n) is 6.29. The van der Waals surface area contributed by atoms with Gasteiger partial charge in [-0.25, -0.2) is 14.0 Å². The molecule has 0 saturated carbocycles. The van der Waals surface area contributed by atoms with Gasteiger partial charge in [0, 0.05) is 12.2 Å². The predicted octanol–water partition coefficient (Wildman–Crippen LogP) is 3.29. The first-order valence-electron chi connectivity index (χ1n) is 8.59. The maximum absolute atomic E-state index is 13.3. The second-order valence-corrected chi connectivity index (χ2v) is 6.29. The third-order valence-electron chi connectivity index (χ3n) is 4.56. The molecule has 9 heteroatoms. The number of para-hydroxylation sites is 1. The Labute approximate surface area is 157 Å². The molecule has 1 amide bonds. The van der Waals surface area contributed by atoms with E-state index in [1.165, 1.54) is 20.2 Å². The zero-order valence-electron chi connectivity index (χ0n) is 14.8. The van der Waals surface area contributed by atoms with E-state index in [1.54, 1.807) is 37.3 Å². The Kier molecular flexibility index (Phi) is 4.10. The van der Waals surface area contributed by atoms with Gasteiger partial charge in [0.05, 0.1) is 23.4 Å². The Bertz CT molecular complexity index is 1120. The number of carbonyl (C=O) groups is 1. The summed E-state index contributed by atoms with van der Waals surface area (Å²) >= 11 is 0. The number of rotatable bonds is 2. The molecule has 0 aliphatic carbocycles. The predicted molar refractivity (Wildman–Crippen MR) is 95.8 cm³/mol. The van der Waals surface area contributed by atoms with E-state index in [-0.39, 0.29) is 30.2 Å². The summed E-state index contributed by atoms with van der Waals surface area (Å²) in [5.74, 6) is -0.282. The molecule has 0 spiro atoms. The number of halogens is 3. The molecule has 1 aliphatic heterocycles. The van der Waals surface area contributed by atoms with Gasteiger partial charge in [-0.3, -0.25) is 9.69 Å². The van der Waals surface area contributed by atoms with E-state index in [9.17, 15) is 22.8 Å². The molecule has 0 atom stereocenters. The van der Waals surface area contributed by atoms with E-state index in [1.807, 2.05) is 0 Å². The molecule has 0 N–H and O–H groups in total. The van der Waals surface area contributed by atoms with Crippen LogP contribution in [0.4, 0.5) is 24.5 Å². The molecule has 6 nitrogen and oxygen atoms in total. The van der Waals surface area contributed by atoms with Gasteiger partial charge in [-0.1, -0.05) is 18.2 Å². The maximum Gasteiger partial charge on any atom is 0.416 e. The molecule has 2 heterocycles. The number of nitrogens with zero attached hydrogens (tertiary/aromatic N) is 4. The fourth-order valence-corrected chi connectivity index (χ4v) is 3.29. The fraction of sp³-hybridized carbons (Fsp3) is 0.211. The number of carbonyl (C=O) groups excluding carboxylic acids is 1. The monoisotopic (exact) mass is 388 g/mol. The summed E-state index contributed by atoms with van der Waals surface area (Å²) in [5, 5.41) is 4.17. The highest BCUT2D eigenvalue weighted by molar-refractivity contribution is 6.04. The highest BCUT2D eigenvalue weighted by atomic mass is 19.4. The molecule has 0 fully saturated rings. The molecule has 0 radical (unpaired) electrons. The Balaban J connectivity index is 2.04. The number of hydrogen-bond donors (Lipinski definition) is 0. The number of fused-ring (bicyclic) bond motifs is 3. The highest BCUT2D eigenvalue weighted by Crippen LogP contribution is 2.39. The molecule has 4 rings (SSSR count). The molecular formula is C19H15F3N4O2. The number of hydrogen-bond acceptors (Lipinski definition) is 3. The van der Waals surface area contributed by atoms with Crippen molar-refractivity contribution in [2.24, 2.45) is 0 Å². The van der Waals surface area contributed by atoms with E-state index in [0.717, 1.165) is 12.1 Å². The molecule has 144 valence electrons. The Hall–Kier alpha value is -3.36. The van der Waals surface area contributed by atoms with Crippen molar-refractivity contribution in [3.63, 3.8) is 0 Å². The normalized spacial score (nSPS) is 13.9. The van der Waals surface area contributed by atoms with Crippen molar-refractivity contribution in [2.45, 2.75) is 26.1 Å². The molecule has 3 aromatic rings. The van der Waals surface area contributed by atoms with Crippen LogP contribution in [0.5, 0.6) is 0 Å². The quantitative estimate of drug-likeness (QED) is 0.677. The van der Waals surface area contributed by atoms with Gasteiger partial charge in [0.1, 0.15) is 5.82 Å². The van der Waals surface area contributed by atoms with Gasteiger partial charge in [0.25, 0.3) is 0 Å². The second kappa shape index (κ2) is 6.36. The standard InChI is InChI=1S/C19H15F3N4O2/c1-2-24-18(28)26-14-9-8-12(19(20,21)22)10-15(14)25(13-6-4-3-5-7-13)17(27)11-16(26)23-24/h3-10H,2,11H2,1H3. The number of aromatic nitrogens is 3. The van der Waals surface area contributed by atoms with E-state index in [2.05, 4.69) is 5.10 Å². The summed E-state index contributed by atoms with van der Waals surface area (Å²) < 4.78 is 42.4. The first-order chi connectivity index (χ1) is 13.3. The van der Waals surface area contributed by atoms with E-state index in [0.29, 0.717) is 5.69 Å². The van der Waals surface area contributed by atoms with Crippen molar-refractivity contribution in [1.29, 1.82) is 0 Å². The summed E-state index contributed by atoms with van der Waals surface area (Å²) in [6.45, 7) is 2.01. The van der Waals surface area contributed by atoms with Crippen LogP contribution >= 0.6 is 0 Å². The molecule has 1 aromatic heterocycles. The van der Waals surface area contributed by atoms with Crippen LogP contribution in [0.25, 0.3) is 5.69 Å². The molecule has 0 saturated heterocycles. The van der Waals surface area contributed by atoms with Gasteiger partial charge in [-0.2, -0.15) is 18.3 Å². The van der Waals surface area contributed by atoms with E-state index < -0.39 is 23.3 Å². The molecule has 2 aromatic carbocycles. The van der Waals surface area contributed by atoms with Crippen molar-refractivity contribution in [2.75, 3.05) is 4.90 Å². The minimum Gasteiger partial charge on any atom is -0.279 e. The van der Waals surface area contributed by atoms with Crippen LogP contribution in [0.1, 0.15) is 18.3 Å². The van der Waals surface area contributed by atoms with Gasteiger partial charge >= 0.3 is 11.9 Å². The summed E-state index contributed by atoms with van der Waals surface area (Å²) in [6.07, 6.45) is -4.80. The summed E-state index contributed by atoms with van der Waals surface area (Å²) in [7, 11) is 0. The minimum absolute atomic E-state index is 0.0115. The lowest BCUT2D eigenvalue weighted by Crippen LogP contribution is -2.28. The largest absolute Gasteiger partial charge is 0.416 e. The van der Waals surface area contributed by atoms with Crippen molar-refractivity contribution >= 4 is 17.3 Å². The highest BCUT2D eigenvalue weighted by Gasteiger charge is 2.35. The zero-order valence-corrected chi connectivity index (χ0v) is 14.8. The van der Waals surface area contributed by atoms with Gasteiger partial charge in [0.2, 0.25) is 5.91 Å². The third-order valence-corrected chi connectivity index (χ3v) is 4.56. The number of alkyl halides is 3. The molecule has 0 unspecified atom stereocenters. The molecular weight excluding hydrogens is 373 g/mol. The fourth-order valence-electron chi connectivity index (χ4n) is 3.29. The average molecular weight is 388 g/mol. The van der Waals surface area contributed by atoms with E-state index >= 15 is 0 Å². The Morgan fingerprint density at radius 3 is 2.39 bits per heavy atom. The number of aryl methyl sites for hydroxylation is 1. The lowest BCUT2D eigenvalue weighted by Gasteiger charge is -2.24. The zero-order chi connectivity index (χ0) is 20.1. The smallest absolute Gasteiger partial charge is 0.279 e. The van der Waals surface area contributed by atoms with Crippen molar-refractivity contribution < 1.29 is 18.0 Å². The van der Waals surface area contributed by atoms with Gasteiger partial charge in [-0.05, 0) is 37.3 Å². The topological polar surface area (TPSA) is 60.1 Å². The Morgan fingerprint density at radius 2 is 1.75 bits per heavy atom. The van der Waals surface area contributed by atoms with Crippen LogP contribution < -0.4 is 10.6 Å². The number of benzene rings is 2. The van der Waals surface area contributed by atoms with Gasteiger partial charge in [-0.15, -0.1) is 0 Å². The molecule has 0 bridgehead atoms. The van der Waals surface area contributed by atoms with Gasteiger partial charge < -0.3 is 0 Å². The molecule has 1 aliphatic rings. The van der Waals surface area contributed by atoms with Crippen molar-refractivity contribution in [3.8, 4) is 5.69 Å².